The average molecular weight is 199 g/mol. The summed E-state index contributed by atoms with van der Waals surface area (Å²) in [5, 5.41) is 1.95. The third kappa shape index (κ3) is 1.08. The largest absolute Gasteiger partial charge is 0.179 e. The van der Waals surface area contributed by atoms with Crippen LogP contribution in [0.2, 0.25) is 0 Å². The smallest absolute Gasteiger partial charge is 0.0826 e. The number of benzene rings is 2. The summed E-state index contributed by atoms with van der Waals surface area (Å²) in [6.07, 6.45) is 0. The molecule has 74 valence electrons. The summed E-state index contributed by atoms with van der Waals surface area (Å²) in [6.45, 7) is 2.02. The van der Waals surface area contributed by atoms with Crippen LogP contribution in [0.4, 0.5) is 4.48 Å². The Morgan fingerprint density at radius 3 is 2.53 bits per heavy atom. The van der Waals surface area contributed by atoms with Gasteiger partial charge in [0, 0.05) is 10.8 Å². The molecule has 0 spiro atoms. The van der Waals surface area contributed by atoms with Gasteiger partial charge < -0.3 is 0 Å². The molecule has 0 saturated carbocycles. The van der Waals surface area contributed by atoms with E-state index in [1.165, 1.54) is 0 Å². The van der Waals surface area contributed by atoms with Gasteiger partial charge in [0.1, 0.15) is 0 Å². The highest BCUT2D eigenvalue weighted by Crippen LogP contribution is 2.29. The summed E-state index contributed by atoms with van der Waals surface area (Å²) in [5.74, 6) is 0. The highest BCUT2D eigenvalue weighted by Gasteiger charge is 2.08. The zero-order valence-corrected chi connectivity index (χ0v) is 8.37. The second-order valence-electron chi connectivity index (χ2n) is 3.82. The number of aromatic nitrogens is 1. The highest BCUT2D eigenvalue weighted by molar-refractivity contribution is 6.07. The molecule has 1 heterocycles. The summed E-state index contributed by atoms with van der Waals surface area (Å²) in [5.41, 5.74) is 2.43. The van der Waals surface area contributed by atoms with Crippen molar-refractivity contribution in [3.63, 3.8) is 0 Å². The topological polar surface area (TPSA) is 4.93 Å². The molecule has 0 saturated heterocycles. The number of rotatable bonds is 0. The molecule has 3 aromatic rings. The summed E-state index contributed by atoms with van der Waals surface area (Å²) >= 11 is 0. The van der Waals surface area contributed by atoms with E-state index in [9.17, 15) is 4.48 Å². The standard InChI is InChI=1S/C13H10FN/c1-9-6-7-13-11(8-9)10-4-2-3-5-12(10)15(13)14/h2-8H,1H3. The van der Waals surface area contributed by atoms with Crippen molar-refractivity contribution in [1.82, 2.24) is 4.79 Å². The minimum atomic E-state index is 0.637. The molecule has 2 aromatic carbocycles. The molecule has 0 aliphatic heterocycles. The number of para-hydroxylation sites is 1. The summed E-state index contributed by atoms with van der Waals surface area (Å²) < 4.78 is 13.9. The minimum Gasteiger partial charge on any atom is -0.179 e. The lowest BCUT2D eigenvalue weighted by Crippen LogP contribution is -1.79. The van der Waals surface area contributed by atoms with Crippen LogP contribution >= 0.6 is 0 Å². The first kappa shape index (κ1) is 8.48. The van der Waals surface area contributed by atoms with Gasteiger partial charge in [0.25, 0.3) is 0 Å². The van der Waals surface area contributed by atoms with Crippen LogP contribution in [-0.2, 0) is 0 Å². The lowest BCUT2D eigenvalue weighted by atomic mass is 10.1. The lowest BCUT2D eigenvalue weighted by molar-refractivity contribution is 0.405. The van der Waals surface area contributed by atoms with E-state index in [1.807, 2.05) is 43.3 Å². The molecule has 0 aliphatic rings. The number of hydrogen-bond acceptors (Lipinski definition) is 0. The maximum atomic E-state index is 13.9. The summed E-state index contributed by atoms with van der Waals surface area (Å²) in [6, 6.07) is 13.3. The SMILES string of the molecule is Cc1ccc2c(c1)c1ccccc1n2F. The first-order valence-electron chi connectivity index (χ1n) is 4.93. The normalized spacial score (nSPS) is 11.3. The van der Waals surface area contributed by atoms with Gasteiger partial charge in [-0.05, 0) is 25.1 Å². The van der Waals surface area contributed by atoms with E-state index in [0.29, 0.717) is 11.0 Å². The van der Waals surface area contributed by atoms with E-state index in [2.05, 4.69) is 0 Å². The average Bonchev–Trinajstić information content (AvgIpc) is 2.54. The van der Waals surface area contributed by atoms with E-state index in [1.54, 1.807) is 6.07 Å². The van der Waals surface area contributed by atoms with E-state index in [0.717, 1.165) is 21.1 Å². The van der Waals surface area contributed by atoms with Crippen molar-refractivity contribution < 1.29 is 4.48 Å². The third-order valence-electron chi connectivity index (χ3n) is 2.77. The molecule has 0 bridgehead atoms. The van der Waals surface area contributed by atoms with Gasteiger partial charge in [0.15, 0.2) is 0 Å². The number of fused-ring (bicyclic) bond motifs is 3. The zero-order chi connectivity index (χ0) is 10.4. The maximum absolute atomic E-state index is 13.9. The molecule has 0 N–H and O–H groups in total. The van der Waals surface area contributed by atoms with Crippen LogP contribution in [0.1, 0.15) is 5.56 Å². The van der Waals surface area contributed by atoms with Crippen molar-refractivity contribution >= 4 is 21.8 Å². The fourth-order valence-corrected chi connectivity index (χ4v) is 2.04. The molecule has 3 rings (SSSR count). The predicted molar refractivity (Wildman–Crippen MR) is 60.7 cm³/mol. The molecule has 0 amide bonds. The van der Waals surface area contributed by atoms with Gasteiger partial charge in [-0.1, -0.05) is 34.3 Å². The fourth-order valence-electron chi connectivity index (χ4n) is 2.04. The molecule has 0 fully saturated rings. The molecular formula is C13H10FN. The summed E-state index contributed by atoms with van der Waals surface area (Å²) in [4.78, 5) is 0.754. The Bertz CT molecular complexity index is 652. The van der Waals surface area contributed by atoms with Crippen LogP contribution in [0.5, 0.6) is 0 Å². The number of aryl methyl sites for hydroxylation is 1. The van der Waals surface area contributed by atoms with Gasteiger partial charge in [0.05, 0.1) is 11.0 Å². The van der Waals surface area contributed by atoms with E-state index in [4.69, 9.17) is 0 Å². The molecule has 0 atom stereocenters. The van der Waals surface area contributed by atoms with Gasteiger partial charge in [-0.15, -0.1) is 0 Å². The third-order valence-corrected chi connectivity index (χ3v) is 2.77. The Labute approximate surface area is 86.7 Å². The van der Waals surface area contributed by atoms with Crippen molar-refractivity contribution in [1.29, 1.82) is 0 Å². The van der Waals surface area contributed by atoms with E-state index >= 15 is 0 Å². The Balaban J connectivity index is 2.64. The van der Waals surface area contributed by atoms with Gasteiger partial charge in [0.2, 0.25) is 0 Å². The van der Waals surface area contributed by atoms with E-state index in [-0.39, 0.29) is 0 Å². The van der Waals surface area contributed by atoms with Gasteiger partial charge in [-0.25, -0.2) is 0 Å². The highest BCUT2D eigenvalue weighted by atomic mass is 19.2. The molecule has 0 aliphatic carbocycles. The van der Waals surface area contributed by atoms with Crippen molar-refractivity contribution in [2.75, 3.05) is 0 Å². The second-order valence-corrected chi connectivity index (χ2v) is 3.82. The molecule has 1 aromatic heterocycles. The Hall–Kier alpha value is -1.83. The van der Waals surface area contributed by atoms with Crippen LogP contribution in [-0.4, -0.2) is 4.79 Å². The van der Waals surface area contributed by atoms with Crippen LogP contribution in [0.25, 0.3) is 21.8 Å². The molecule has 15 heavy (non-hydrogen) atoms. The number of halogens is 1. The van der Waals surface area contributed by atoms with Crippen LogP contribution in [0.15, 0.2) is 42.5 Å². The van der Waals surface area contributed by atoms with E-state index < -0.39 is 0 Å². The monoisotopic (exact) mass is 199 g/mol. The first-order chi connectivity index (χ1) is 7.27. The Morgan fingerprint density at radius 1 is 0.933 bits per heavy atom. The van der Waals surface area contributed by atoms with Crippen LogP contribution in [0.3, 0.4) is 0 Å². The van der Waals surface area contributed by atoms with Gasteiger partial charge in [-0.3, -0.25) is 0 Å². The number of nitrogens with zero attached hydrogens (tertiary/aromatic N) is 1. The zero-order valence-electron chi connectivity index (χ0n) is 8.37. The molecule has 2 heteroatoms. The van der Waals surface area contributed by atoms with Crippen LogP contribution in [0, 0.1) is 6.92 Å². The quantitative estimate of drug-likeness (QED) is 0.518. The van der Waals surface area contributed by atoms with Crippen molar-refractivity contribution in [3.05, 3.63) is 48.0 Å². The van der Waals surface area contributed by atoms with Gasteiger partial charge in [-0.2, -0.15) is 4.79 Å². The fraction of sp³-hybridized carbons (Fsp3) is 0.0769. The molecule has 0 unspecified atom stereocenters. The second kappa shape index (κ2) is 2.83. The van der Waals surface area contributed by atoms with Crippen molar-refractivity contribution in [2.45, 2.75) is 6.92 Å². The molecular weight excluding hydrogens is 189 g/mol. The molecule has 1 nitrogen and oxygen atoms in total. The van der Waals surface area contributed by atoms with Crippen molar-refractivity contribution in [3.8, 4) is 0 Å². The minimum absolute atomic E-state index is 0.637. The van der Waals surface area contributed by atoms with Gasteiger partial charge >= 0.3 is 0 Å². The van der Waals surface area contributed by atoms with Crippen molar-refractivity contribution in [2.24, 2.45) is 0 Å². The Morgan fingerprint density at radius 2 is 1.67 bits per heavy atom. The number of hydrogen-bond donors (Lipinski definition) is 0. The van der Waals surface area contributed by atoms with Crippen LogP contribution < -0.4 is 0 Å². The Kier molecular flexibility index (Phi) is 1.60. The first-order valence-corrected chi connectivity index (χ1v) is 4.93. The maximum Gasteiger partial charge on any atom is 0.0826 e. The lowest BCUT2D eigenvalue weighted by Gasteiger charge is -1.93. The molecule has 0 radical (unpaired) electrons. The predicted octanol–water partition coefficient (Wildman–Crippen LogP) is 3.84. The summed E-state index contributed by atoms with van der Waals surface area (Å²) in [7, 11) is 0.